The van der Waals surface area contributed by atoms with Crippen LogP contribution in [-0.2, 0) is 44.0 Å². The average molecular weight is 546 g/mol. The van der Waals surface area contributed by atoms with Crippen molar-refractivity contribution in [2.45, 2.75) is 0 Å². The average Bonchev–Trinajstić information content (AvgIpc) is 3.46. The molecule has 0 atom stereocenters. The maximum absolute atomic E-state index is 8.52. The smallest absolute Gasteiger partial charge is 0.759 e. The van der Waals surface area contributed by atoms with Crippen molar-refractivity contribution < 1.29 is 73.0 Å². The maximum Gasteiger partial charge on any atom is 3.00 e. The molecule has 0 heterocycles. The standard InChI is InChI=1S/4C5H5.2Co.H2O4S.4H2O/c4*1-2-4-5-3-1;;;1-5(2,3)4;;;;/h4*1-5H;;;(H2,1,2,3,4);4*1H2/q4*-1;2*+3;;;;;/p-2. The molecule has 0 aliphatic heterocycles. The van der Waals surface area contributed by atoms with Gasteiger partial charge in [-0.3, -0.25) is 8.42 Å². The van der Waals surface area contributed by atoms with E-state index in [4.69, 9.17) is 17.5 Å². The summed E-state index contributed by atoms with van der Waals surface area (Å²) >= 11 is 0. The van der Waals surface area contributed by atoms with Gasteiger partial charge >= 0.3 is 33.6 Å². The van der Waals surface area contributed by atoms with E-state index in [1.165, 1.54) is 0 Å². The van der Waals surface area contributed by atoms with Gasteiger partial charge in [-0.2, -0.15) is 72.8 Å². The van der Waals surface area contributed by atoms with Gasteiger partial charge in [0.2, 0.25) is 0 Å². The van der Waals surface area contributed by atoms with E-state index >= 15 is 0 Å². The molecule has 4 aromatic rings. The van der Waals surface area contributed by atoms with E-state index < -0.39 is 10.4 Å². The zero-order valence-corrected chi connectivity index (χ0v) is 19.2. The fourth-order valence-corrected chi connectivity index (χ4v) is 1.28. The van der Waals surface area contributed by atoms with Gasteiger partial charge in [-0.15, -0.1) is 0 Å². The van der Waals surface area contributed by atoms with Gasteiger partial charge in [-0.1, -0.05) is 0 Å². The van der Waals surface area contributed by atoms with E-state index in [0.717, 1.165) is 0 Å². The summed E-state index contributed by atoms with van der Waals surface area (Å²) < 4.78 is 34.1. The molecule has 0 saturated carbocycles. The molecular weight excluding hydrogens is 518 g/mol. The summed E-state index contributed by atoms with van der Waals surface area (Å²) in [5.74, 6) is 0. The molecule has 0 radical (unpaired) electrons. The summed E-state index contributed by atoms with van der Waals surface area (Å²) in [5.41, 5.74) is 0. The van der Waals surface area contributed by atoms with Crippen LogP contribution in [0.1, 0.15) is 0 Å². The van der Waals surface area contributed by atoms with Crippen molar-refractivity contribution in [2.24, 2.45) is 0 Å². The van der Waals surface area contributed by atoms with Crippen molar-refractivity contribution >= 4 is 10.4 Å². The predicted octanol–water partition coefficient (Wildman–Crippen LogP) is 0.980. The van der Waals surface area contributed by atoms with Crippen molar-refractivity contribution in [1.29, 1.82) is 0 Å². The van der Waals surface area contributed by atoms with Crippen molar-refractivity contribution in [1.82, 2.24) is 0 Å². The second-order valence-corrected chi connectivity index (χ2v) is 5.07. The van der Waals surface area contributed by atoms with Crippen LogP contribution in [0.3, 0.4) is 0 Å². The van der Waals surface area contributed by atoms with Crippen LogP contribution in [0, 0.1) is 0 Å². The molecule has 0 saturated heterocycles. The van der Waals surface area contributed by atoms with Gasteiger partial charge in [0, 0.05) is 10.4 Å². The molecule has 11 heteroatoms. The van der Waals surface area contributed by atoms with Gasteiger partial charge in [0.1, 0.15) is 0 Å². The van der Waals surface area contributed by atoms with E-state index in [9.17, 15) is 0 Å². The summed E-state index contributed by atoms with van der Waals surface area (Å²) in [7, 11) is -5.17. The third kappa shape index (κ3) is 58.4. The van der Waals surface area contributed by atoms with E-state index in [0.29, 0.717) is 0 Å². The SMILES string of the molecule is O.O.O.O.O=S(=O)([O-])[O-].[Co+3].[Co+3].c1cc[cH-]c1.c1cc[cH-]c1.c1cc[cH-]c1.c1cc[cH-]c1. The molecule has 0 unspecified atom stereocenters. The summed E-state index contributed by atoms with van der Waals surface area (Å²) in [6.45, 7) is 0. The molecule has 8 N–H and O–H groups in total. The number of hydrogen-bond acceptors (Lipinski definition) is 4. The van der Waals surface area contributed by atoms with Gasteiger partial charge in [0.05, 0.1) is 0 Å². The predicted molar refractivity (Wildman–Crippen MR) is 113 cm³/mol. The molecule has 4 rings (SSSR count). The normalized spacial score (nSPS) is 7.03. The summed E-state index contributed by atoms with van der Waals surface area (Å²) in [6, 6.07) is 40.0. The molecule has 0 aliphatic carbocycles. The molecule has 0 aliphatic rings. The van der Waals surface area contributed by atoms with Crippen LogP contribution < -0.4 is 0 Å². The molecule has 4 aromatic carbocycles. The first kappa shape index (κ1) is 47.1. The Morgan fingerprint density at radius 2 is 0.516 bits per heavy atom. The maximum atomic E-state index is 8.52. The molecule has 0 fully saturated rings. The molecule has 0 bridgehead atoms. The van der Waals surface area contributed by atoms with Gasteiger partial charge in [0.15, 0.2) is 0 Å². The first-order valence-electron chi connectivity index (χ1n) is 7.33. The van der Waals surface area contributed by atoms with Crippen molar-refractivity contribution in [3.8, 4) is 0 Å². The molecule has 0 spiro atoms. The Bertz CT molecular complexity index is 559. The van der Waals surface area contributed by atoms with E-state index in [2.05, 4.69) is 0 Å². The zero-order valence-electron chi connectivity index (χ0n) is 16.3. The summed E-state index contributed by atoms with van der Waals surface area (Å²) in [4.78, 5) is 0. The molecule has 180 valence electrons. The second kappa shape index (κ2) is 35.6. The minimum atomic E-state index is -5.17. The molecule has 8 nitrogen and oxygen atoms in total. The van der Waals surface area contributed by atoms with Gasteiger partial charge in [-0.25, -0.2) is 48.5 Å². The van der Waals surface area contributed by atoms with Gasteiger partial charge < -0.3 is 31.0 Å². The van der Waals surface area contributed by atoms with Crippen LogP contribution in [0.2, 0.25) is 0 Å². The molecular formula is C20H28Co2O8S. The fourth-order valence-electron chi connectivity index (χ4n) is 1.28. The van der Waals surface area contributed by atoms with Crippen LogP contribution in [0.15, 0.2) is 121 Å². The second-order valence-electron chi connectivity index (χ2n) is 4.26. The minimum absolute atomic E-state index is 0. The van der Waals surface area contributed by atoms with E-state index in [1.807, 2.05) is 121 Å². The summed E-state index contributed by atoms with van der Waals surface area (Å²) in [5, 5.41) is 0. The number of hydrogen-bond donors (Lipinski definition) is 0. The van der Waals surface area contributed by atoms with Crippen LogP contribution in [-0.4, -0.2) is 39.4 Å². The van der Waals surface area contributed by atoms with Gasteiger partial charge in [-0.05, 0) is 0 Å². The first-order valence-corrected chi connectivity index (χ1v) is 8.67. The van der Waals surface area contributed by atoms with E-state index in [-0.39, 0.29) is 55.5 Å². The molecule has 0 aromatic heterocycles. The van der Waals surface area contributed by atoms with Crippen molar-refractivity contribution in [2.75, 3.05) is 0 Å². The van der Waals surface area contributed by atoms with Crippen LogP contribution >= 0.6 is 0 Å². The Labute approximate surface area is 204 Å². The quantitative estimate of drug-likeness (QED) is 0.179. The largest absolute Gasteiger partial charge is 3.00 e. The van der Waals surface area contributed by atoms with Crippen LogP contribution in [0.5, 0.6) is 0 Å². The Morgan fingerprint density at radius 3 is 0.548 bits per heavy atom. The minimum Gasteiger partial charge on any atom is -0.759 e. The zero-order chi connectivity index (χ0) is 18.6. The van der Waals surface area contributed by atoms with Crippen molar-refractivity contribution in [3.63, 3.8) is 0 Å². The van der Waals surface area contributed by atoms with Crippen LogP contribution in [0.25, 0.3) is 0 Å². The van der Waals surface area contributed by atoms with E-state index in [1.54, 1.807) is 0 Å². The third-order valence-corrected chi connectivity index (χ3v) is 2.22. The first-order chi connectivity index (χ1) is 12.0. The Balaban J connectivity index is -0.0000000443. The topological polar surface area (TPSA) is 206 Å². The van der Waals surface area contributed by atoms with Crippen molar-refractivity contribution in [3.05, 3.63) is 121 Å². The summed E-state index contributed by atoms with van der Waals surface area (Å²) in [6.07, 6.45) is 0. The fraction of sp³-hybridized carbons (Fsp3) is 0. The Hall–Kier alpha value is -1.88. The Kier molecular flexibility index (Phi) is 54.0. The third-order valence-electron chi connectivity index (χ3n) is 2.22. The number of rotatable bonds is 0. The van der Waals surface area contributed by atoms with Gasteiger partial charge in [0.25, 0.3) is 0 Å². The monoisotopic (exact) mass is 546 g/mol. The van der Waals surface area contributed by atoms with Crippen LogP contribution in [0.4, 0.5) is 0 Å². The Morgan fingerprint density at radius 1 is 0.419 bits per heavy atom. The molecule has 31 heavy (non-hydrogen) atoms. The molecule has 0 amide bonds.